The van der Waals surface area contributed by atoms with Gasteiger partial charge in [0.2, 0.25) is 0 Å². The van der Waals surface area contributed by atoms with E-state index in [1.807, 2.05) is 6.07 Å². The molecule has 0 saturated carbocycles. The van der Waals surface area contributed by atoms with E-state index in [2.05, 4.69) is 52.9 Å². The highest BCUT2D eigenvalue weighted by molar-refractivity contribution is 6.63. The Kier molecular flexibility index (Phi) is 4.57. The van der Waals surface area contributed by atoms with Crippen LogP contribution in [0.5, 0.6) is 5.75 Å². The van der Waals surface area contributed by atoms with Crippen LogP contribution in [0, 0.1) is 0 Å². The van der Waals surface area contributed by atoms with Gasteiger partial charge >= 0.3 is 7.12 Å². The minimum absolute atomic E-state index is 0.315. The van der Waals surface area contributed by atoms with E-state index < -0.39 is 0 Å². The van der Waals surface area contributed by atoms with Gasteiger partial charge in [-0.25, -0.2) is 0 Å². The molecule has 1 aliphatic heterocycles. The van der Waals surface area contributed by atoms with Gasteiger partial charge in [0.05, 0.1) is 18.3 Å². The molecule has 115 valence electrons. The molecule has 0 amide bonds. The molecule has 1 aromatic carbocycles. The quantitative estimate of drug-likeness (QED) is 0.801. The summed E-state index contributed by atoms with van der Waals surface area (Å²) in [4.78, 5) is 0. The van der Waals surface area contributed by atoms with E-state index >= 15 is 0 Å². The van der Waals surface area contributed by atoms with E-state index in [4.69, 9.17) is 14.0 Å². The molecule has 0 N–H and O–H groups in total. The van der Waals surface area contributed by atoms with E-state index in [1.165, 1.54) is 5.56 Å². The van der Waals surface area contributed by atoms with E-state index in [9.17, 15) is 0 Å². The average Bonchev–Trinajstić information content (AvgIpc) is 2.58. The zero-order valence-corrected chi connectivity index (χ0v) is 15.2. The van der Waals surface area contributed by atoms with Gasteiger partial charge in [0.25, 0.3) is 0 Å². The molecule has 1 saturated heterocycles. The Bertz CT molecular complexity index is 498. The Morgan fingerprint density at radius 3 is 2.14 bits per heavy atom. The monoisotopic (exact) mass is 305 g/mol. The third-order valence-electron chi connectivity index (χ3n) is 4.40. The number of methoxy groups -OCH3 is 1. The van der Waals surface area contributed by atoms with Gasteiger partial charge in [0, 0.05) is 8.80 Å². The maximum absolute atomic E-state index is 6.21. The van der Waals surface area contributed by atoms with E-state index in [0.717, 1.165) is 17.3 Å². The predicted octanol–water partition coefficient (Wildman–Crippen LogP) is 2.83. The first-order valence-corrected chi connectivity index (χ1v) is 10.2. The third-order valence-corrected chi connectivity index (χ3v) is 5.49. The second-order valence-corrected chi connectivity index (χ2v) is 9.80. The fourth-order valence-corrected chi connectivity index (χ4v) is 3.52. The number of benzene rings is 1. The minimum Gasteiger partial charge on any atom is -0.497 e. The smallest absolute Gasteiger partial charge is 0.495 e. The summed E-state index contributed by atoms with van der Waals surface area (Å²) >= 11 is 0. The number of hydrogen-bond acceptors (Lipinski definition) is 3. The summed E-state index contributed by atoms with van der Waals surface area (Å²) in [6.07, 6.45) is 0. The summed E-state index contributed by atoms with van der Waals surface area (Å²) < 4.78 is 17.8. The molecule has 5 heteroatoms. The Balaban J connectivity index is 2.38. The Morgan fingerprint density at radius 2 is 1.67 bits per heavy atom. The third kappa shape index (κ3) is 3.36. The summed E-state index contributed by atoms with van der Waals surface area (Å²) in [5.41, 5.74) is 1.79. The molecule has 0 spiro atoms. The van der Waals surface area contributed by atoms with E-state index in [0.29, 0.717) is 0 Å². The van der Waals surface area contributed by atoms with Crippen LogP contribution >= 0.6 is 0 Å². The number of ether oxygens (including phenoxy) is 1. The highest BCUT2D eigenvalue weighted by Gasteiger charge is 2.52. The minimum atomic E-state index is -0.366. The predicted molar refractivity (Wildman–Crippen MR) is 89.9 cm³/mol. The first-order valence-electron chi connectivity index (χ1n) is 7.48. The van der Waals surface area contributed by atoms with Gasteiger partial charge in [-0.05, 0) is 51.3 Å². The second-order valence-electron chi connectivity index (χ2n) is 7.04. The molecular weight excluding hydrogens is 279 g/mol. The van der Waals surface area contributed by atoms with Crippen molar-refractivity contribution in [1.29, 1.82) is 0 Å². The molecule has 1 radical (unpaired) electrons. The van der Waals surface area contributed by atoms with Gasteiger partial charge < -0.3 is 14.0 Å². The molecule has 1 fully saturated rings. The van der Waals surface area contributed by atoms with Gasteiger partial charge in [-0.3, -0.25) is 0 Å². The topological polar surface area (TPSA) is 27.7 Å². The molecule has 0 aromatic heterocycles. The molecule has 3 nitrogen and oxygen atoms in total. The van der Waals surface area contributed by atoms with Crippen LogP contribution in [0.1, 0.15) is 33.3 Å². The van der Waals surface area contributed by atoms with Crippen molar-refractivity contribution in [2.75, 3.05) is 7.11 Å². The first kappa shape index (κ1) is 16.6. The van der Waals surface area contributed by atoms with Crippen molar-refractivity contribution in [2.45, 2.75) is 58.0 Å². The van der Waals surface area contributed by atoms with Crippen molar-refractivity contribution < 1.29 is 14.0 Å². The molecule has 1 aliphatic rings. The largest absolute Gasteiger partial charge is 0.497 e. The van der Waals surface area contributed by atoms with Crippen LogP contribution < -0.4 is 10.2 Å². The SMILES string of the molecule is COc1ccc(C[Si](C)C)c(B2OC(C)(C)C(C)(C)O2)c1. The second kappa shape index (κ2) is 5.78. The van der Waals surface area contributed by atoms with Gasteiger partial charge in [-0.2, -0.15) is 0 Å². The highest BCUT2D eigenvalue weighted by atomic mass is 28.3. The number of hydrogen-bond donors (Lipinski definition) is 0. The molecule has 1 heterocycles. The maximum atomic E-state index is 6.21. The molecule has 0 bridgehead atoms. The maximum Gasteiger partial charge on any atom is 0.495 e. The van der Waals surface area contributed by atoms with Crippen LogP contribution in [0.25, 0.3) is 0 Å². The lowest BCUT2D eigenvalue weighted by atomic mass is 9.76. The van der Waals surface area contributed by atoms with Crippen molar-refractivity contribution in [1.82, 2.24) is 0 Å². The van der Waals surface area contributed by atoms with Gasteiger partial charge in [0.15, 0.2) is 0 Å². The van der Waals surface area contributed by atoms with Crippen molar-refractivity contribution in [3.8, 4) is 5.75 Å². The molecular formula is C16H26BO3Si. The van der Waals surface area contributed by atoms with E-state index in [1.54, 1.807) is 7.11 Å². The molecule has 2 rings (SSSR count). The van der Waals surface area contributed by atoms with Crippen LogP contribution in [0.2, 0.25) is 13.1 Å². The van der Waals surface area contributed by atoms with Gasteiger partial charge in [-0.15, -0.1) is 0 Å². The first-order chi connectivity index (χ1) is 9.66. The summed E-state index contributed by atoms with van der Waals surface area (Å²) in [5.74, 6) is 0.851. The van der Waals surface area contributed by atoms with Crippen molar-refractivity contribution in [2.24, 2.45) is 0 Å². The lowest BCUT2D eigenvalue weighted by Gasteiger charge is -2.32. The molecule has 0 atom stereocenters. The zero-order chi connectivity index (χ0) is 15.8. The lowest BCUT2D eigenvalue weighted by Crippen LogP contribution is -2.41. The highest BCUT2D eigenvalue weighted by Crippen LogP contribution is 2.37. The Hall–Kier alpha value is -0.778. The molecule has 1 aromatic rings. The van der Waals surface area contributed by atoms with E-state index in [-0.39, 0.29) is 27.1 Å². The van der Waals surface area contributed by atoms with Crippen LogP contribution in [-0.2, 0) is 15.4 Å². The Labute approximate surface area is 130 Å². The summed E-state index contributed by atoms with van der Waals surface area (Å²) in [6.45, 7) is 13.0. The van der Waals surface area contributed by atoms with Crippen LogP contribution in [-0.4, -0.2) is 34.2 Å². The summed E-state index contributed by atoms with van der Waals surface area (Å²) in [7, 11) is 1.01. The fourth-order valence-electron chi connectivity index (χ4n) is 2.43. The average molecular weight is 305 g/mol. The van der Waals surface area contributed by atoms with Gasteiger partial charge in [0.1, 0.15) is 5.75 Å². The van der Waals surface area contributed by atoms with Crippen LogP contribution in [0.15, 0.2) is 18.2 Å². The van der Waals surface area contributed by atoms with Crippen molar-refractivity contribution in [3.63, 3.8) is 0 Å². The van der Waals surface area contributed by atoms with Gasteiger partial charge in [-0.1, -0.05) is 24.7 Å². The standard InChI is InChI=1S/C16H26BO3Si/c1-15(2)16(3,4)20-17(19-15)14-10-13(18-5)9-8-12(14)11-21(6)7/h8-10H,11H2,1-7H3. The van der Waals surface area contributed by atoms with Crippen molar-refractivity contribution >= 4 is 21.4 Å². The fraction of sp³-hybridized carbons (Fsp3) is 0.625. The normalized spacial score (nSPS) is 20.1. The molecule has 0 aliphatic carbocycles. The van der Waals surface area contributed by atoms with Crippen LogP contribution in [0.4, 0.5) is 0 Å². The number of rotatable bonds is 4. The summed E-state index contributed by atoms with van der Waals surface area (Å²) in [6, 6.07) is 7.34. The van der Waals surface area contributed by atoms with Crippen molar-refractivity contribution in [3.05, 3.63) is 23.8 Å². The lowest BCUT2D eigenvalue weighted by molar-refractivity contribution is 0.00578. The zero-order valence-electron chi connectivity index (χ0n) is 14.2. The molecule has 21 heavy (non-hydrogen) atoms. The summed E-state index contributed by atoms with van der Waals surface area (Å²) in [5, 5.41) is 0. The Morgan fingerprint density at radius 1 is 1.10 bits per heavy atom. The van der Waals surface area contributed by atoms with Crippen LogP contribution in [0.3, 0.4) is 0 Å². The molecule has 0 unspecified atom stereocenters.